The topological polar surface area (TPSA) is 130 Å². The van der Waals surface area contributed by atoms with Gasteiger partial charge < -0.3 is 15.3 Å². The lowest BCUT2D eigenvalue weighted by Gasteiger charge is -2.23. The first-order chi connectivity index (χ1) is 13.9. The molecule has 3 rings (SSSR count). The minimum atomic E-state index is -4.15. The van der Waals surface area contributed by atoms with Crippen LogP contribution in [0.15, 0.2) is 41.3 Å². The highest BCUT2D eigenvalue weighted by Crippen LogP contribution is 2.33. The summed E-state index contributed by atoms with van der Waals surface area (Å²) in [6.07, 6.45) is -0.264. The third kappa shape index (κ3) is 4.31. The summed E-state index contributed by atoms with van der Waals surface area (Å²) in [6, 6.07) is 7.98. The Hall–Kier alpha value is -2.53. The Labute approximate surface area is 177 Å². The van der Waals surface area contributed by atoms with E-state index in [2.05, 4.69) is 5.32 Å². The zero-order valence-corrected chi connectivity index (χ0v) is 17.4. The van der Waals surface area contributed by atoms with Crippen molar-refractivity contribution >= 4 is 39.1 Å². The van der Waals surface area contributed by atoms with Gasteiger partial charge in [-0.3, -0.25) is 9.59 Å². The molecule has 2 aromatic rings. The van der Waals surface area contributed by atoms with Crippen molar-refractivity contribution in [2.45, 2.75) is 30.4 Å². The summed E-state index contributed by atoms with van der Waals surface area (Å²) < 4.78 is 37.3. The lowest BCUT2D eigenvalue weighted by molar-refractivity contribution is -0.149. The van der Waals surface area contributed by atoms with E-state index in [1.165, 1.54) is 18.2 Å². The van der Waals surface area contributed by atoms with E-state index in [1.807, 2.05) is 0 Å². The maximum absolute atomic E-state index is 13.4. The Morgan fingerprint density at radius 3 is 2.67 bits per heavy atom. The fraction of sp³-hybridized carbons (Fsp3) is 0.263. The average Bonchev–Trinajstić information content (AvgIpc) is 2.94. The fourth-order valence-corrected chi connectivity index (χ4v) is 4.32. The van der Waals surface area contributed by atoms with E-state index in [0.29, 0.717) is 11.1 Å². The summed E-state index contributed by atoms with van der Waals surface area (Å²) >= 11 is 5.77. The number of hydrogen-bond donors (Lipinski definition) is 3. The van der Waals surface area contributed by atoms with Crippen LogP contribution < -0.4 is 15.4 Å². The van der Waals surface area contributed by atoms with Gasteiger partial charge in [0.1, 0.15) is 10.7 Å². The number of carbonyl (C=O) groups excluding carboxylic acids is 2. The number of aryl methyl sites for hydroxylation is 1. The molecule has 1 heterocycles. The molecule has 0 spiro atoms. The molecule has 8 nitrogen and oxygen atoms in total. The predicted molar refractivity (Wildman–Crippen MR) is 108 cm³/mol. The highest BCUT2D eigenvalue weighted by Gasteiger charge is 2.52. The van der Waals surface area contributed by atoms with E-state index >= 15 is 0 Å². The molecule has 0 bridgehead atoms. The normalized spacial score (nSPS) is 19.2. The van der Waals surface area contributed by atoms with Gasteiger partial charge in [-0.2, -0.15) is 0 Å². The van der Waals surface area contributed by atoms with Crippen LogP contribution in [-0.2, 0) is 26.2 Å². The maximum atomic E-state index is 13.4. The van der Waals surface area contributed by atoms with Gasteiger partial charge in [-0.05, 0) is 48.4 Å². The first-order valence-electron chi connectivity index (χ1n) is 8.83. The summed E-state index contributed by atoms with van der Waals surface area (Å²) in [6.45, 7) is 1.39. The second-order valence-corrected chi connectivity index (χ2v) is 9.01. The highest BCUT2D eigenvalue weighted by atomic mass is 35.5. The molecule has 0 aliphatic carbocycles. The third-order valence-corrected chi connectivity index (χ3v) is 5.92. The molecule has 2 amide bonds. The van der Waals surface area contributed by atoms with Crippen LogP contribution in [0.5, 0.6) is 0 Å². The number of amides is 2. The van der Waals surface area contributed by atoms with Crippen molar-refractivity contribution in [2.24, 2.45) is 5.14 Å². The molecule has 1 saturated heterocycles. The monoisotopic (exact) mass is 455 g/mol. The second-order valence-electron chi connectivity index (χ2n) is 7.04. The third-order valence-electron chi connectivity index (χ3n) is 4.76. The molecule has 0 radical (unpaired) electrons. The molecule has 1 atom stereocenters. The number of benzene rings is 2. The number of nitrogens with zero attached hydrogens (tertiary/aromatic N) is 1. The predicted octanol–water partition coefficient (Wildman–Crippen LogP) is 1.22. The van der Waals surface area contributed by atoms with Crippen LogP contribution in [-0.4, -0.2) is 37.5 Å². The molecule has 4 N–H and O–H groups in total. The standard InChI is InChI=1S/C19H19ClFN3O5S/c1-11-2-3-15(16(6-11)30(22,28)29)24-5-4-19(27,18(24)26)17(25)23-10-12-7-13(20)9-14(21)8-12/h2-3,6-9,27H,4-5,10H2,1H3,(H,23,25)(H2,22,28,29)/t19-/m0/s1. The van der Waals surface area contributed by atoms with Gasteiger partial charge in [0.25, 0.3) is 11.8 Å². The Kier molecular flexibility index (Phi) is 5.87. The van der Waals surface area contributed by atoms with Gasteiger partial charge in [0, 0.05) is 24.5 Å². The number of sulfonamides is 1. The molecular formula is C19H19ClFN3O5S. The minimum absolute atomic E-state index is 0.0197. The van der Waals surface area contributed by atoms with Crippen LogP contribution in [0, 0.1) is 12.7 Å². The zero-order valence-electron chi connectivity index (χ0n) is 15.9. The summed E-state index contributed by atoms with van der Waals surface area (Å²) in [5.74, 6) is -2.56. The van der Waals surface area contributed by atoms with Crippen LogP contribution in [0.4, 0.5) is 10.1 Å². The molecule has 30 heavy (non-hydrogen) atoms. The molecular weight excluding hydrogens is 437 g/mol. The van der Waals surface area contributed by atoms with Crippen LogP contribution in [0.2, 0.25) is 5.02 Å². The molecule has 2 aromatic carbocycles. The summed E-state index contributed by atoms with van der Waals surface area (Å²) in [7, 11) is -4.15. The van der Waals surface area contributed by atoms with Crippen molar-refractivity contribution < 1.29 is 27.5 Å². The maximum Gasteiger partial charge on any atom is 0.268 e. The van der Waals surface area contributed by atoms with E-state index in [1.54, 1.807) is 13.0 Å². The van der Waals surface area contributed by atoms with Crippen LogP contribution in [0.1, 0.15) is 17.5 Å². The number of primary sulfonamides is 1. The van der Waals surface area contributed by atoms with E-state index < -0.39 is 33.3 Å². The zero-order chi connectivity index (χ0) is 22.3. The van der Waals surface area contributed by atoms with Crippen molar-refractivity contribution in [1.82, 2.24) is 5.32 Å². The van der Waals surface area contributed by atoms with Gasteiger partial charge in [-0.15, -0.1) is 0 Å². The number of rotatable bonds is 5. The van der Waals surface area contributed by atoms with Crippen molar-refractivity contribution in [3.05, 3.63) is 58.4 Å². The second kappa shape index (κ2) is 7.95. The Morgan fingerprint density at radius 2 is 2.03 bits per heavy atom. The molecule has 0 unspecified atom stereocenters. The van der Waals surface area contributed by atoms with E-state index in [-0.39, 0.29) is 35.1 Å². The Balaban J connectivity index is 1.82. The number of carbonyl (C=O) groups is 2. The van der Waals surface area contributed by atoms with Gasteiger partial charge >= 0.3 is 0 Å². The van der Waals surface area contributed by atoms with Crippen molar-refractivity contribution in [3.8, 4) is 0 Å². The molecule has 11 heteroatoms. The molecule has 1 aliphatic rings. The van der Waals surface area contributed by atoms with Crippen LogP contribution >= 0.6 is 11.6 Å². The number of nitrogens with one attached hydrogen (secondary N) is 1. The van der Waals surface area contributed by atoms with Gasteiger partial charge in [-0.25, -0.2) is 17.9 Å². The minimum Gasteiger partial charge on any atom is -0.372 e. The SMILES string of the molecule is Cc1ccc(N2CC[C@](O)(C(=O)NCc3cc(F)cc(Cl)c3)C2=O)c(S(N)(=O)=O)c1. The quantitative estimate of drug-likeness (QED) is 0.583. The number of hydrogen-bond acceptors (Lipinski definition) is 5. The Bertz CT molecular complexity index is 1120. The molecule has 160 valence electrons. The molecule has 0 aromatic heterocycles. The summed E-state index contributed by atoms with van der Waals surface area (Å²) in [5, 5.41) is 18.5. The van der Waals surface area contributed by atoms with Crippen LogP contribution in [0.3, 0.4) is 0 Å². The number of nitrogens with two attached hydrogens (primary N) is 1. The molecule has 1 aliphatic heterocycles. The van der Waals surface area contributed by atoms with Gasteiger partial charge in [-0.1, -0.05) is 17.7 Å². The van der Waals surface area contributed by atoms with Crippen molar-refractivity contribution in [1.29, 1.82) is 0 Å². The number of halogens is 2. The summed E-state index contributed by atoms with van der Waals surface area (Å²) in [5.41, 5.74) is -1.48. The van der Waals surface area contributed by atoms with Gasteiger partial charge in [0.05, 0.1) is 5.69 Å². The summed E-state index contributed by atoms with van der Waals surface area (Å²) in [4.78, 5) is 26.1. The molecule has 0 saturated carbocycles. The fourth-order valence-electron chi connectivity index (χ4n) is 3.26. The number of anilines is 1. The van der Waals surface area contributed by atoms with Crippen molar-refractivity contribution in [2.75, 3.05) is 11.4 Å². The Morgan fingerprint density at radius 1 is 1.33 bits per heavy atom. The van der Waals surface area contributed by atoms with Crippen LogP contribution in [0.25, 0.3) is 0 Å². The van der Waals surface area contributed by atoms with Crippen molar-refractivity contribution in [3.63, 3.8) is 0 Å². The van der Waals surface area contributed by atoms with E-state index in [4.69, 9.17) is 16.7 Å². The first kappa shape index (κ1) is 22.2. The average molecular weight is 456 g/mol. The smallest absolute Gasteiger partial charge is 0.268 e. The molecule has 1 fully saturated rings. The van der Waals surface area contributed by atoms with E-state index in [0.717, 1.165) is 17.0 Å². The first-order valence-corrected chi connectivity index (χ1v) is 10.8. The van der Waals surface area contributed by atoms with E-state index in [9.17, 15) is 27.5 Å². The lowest BCUT2D eigenvalue weighted by atomic mass is 10.0. The number of aliphatic hydroxyl groups is 1. The lowest BCUT2D eigenvalue weighted by Crippen LogP contribution is -2.52. The van der Waals surface area contributed by atoms with Gasteiger partial charge in [0.2, 0.25) is 15.6 Å². The largest absolute Gasteiger partial charge is 0.372 e. The highest BCUT2D eigenvalue weighted by molar-refractivity contribution is 7.89. The van der Waals surface area contributed by atoms with Gasteiger partial charge in [0.15, 0.2) is 0 Å².